The topological polar surface area (TPSA) is 38.3 Å². The maximum atomic E-state index is 11.6. The number of carbonyl (C=O) groups is 1. The molecule has 1 N–H and O–H groups in total. The first-order chi connectivity index (χ1) is 6.82. The zero-order valence-corrected chi connectivity index (χ0v) is 8.52. The number of fused-ring (bicyclic) bond motifs is 2. The highest BCUT2D eigenvalue weighted by Crippen LogP contribution is 2.43. The number of rotatable bonds is 0. The van der Waals surface area contributed by atoms with Crippen molar-refractivity contribution in [3.63, 3.8) is 0 Å². The van der Waals surface area contributed by atoms with Crippen LogP contribution in [0.5, 0.6) is 0 Å². The van der Waals surface area contributed by atoms with E-state index < -0.39 is 0 Å². The summed E-state index contributed by atoms with van der Waals surface area (Å²) in [5.41, 5.74) is 0.442. The second kappa shape index (κ2) is 2.81. The average Bonchev–Trinajstić information content (AvgIpc) is 2.74. The minimum absolute atomic E-state index is 0.148. The van der Waals surface area contributed by atoms with Gasteiger partial charge in [-0.2, -0.15) is 0 Å². The largest absolute Gasteiger partial charge is 0.448 e. The summed E-state index contributed by atoms with van der Waals surface area (Å²) in [6.45, 7) is 1.80. The minimum atomic E-state index is -0.334. The van der Waals surface area contributed by atoms with E-state index in [1.165, 1.54) is 0 Å². The number of carbonyl (C=O) groups excluding carboxylic acids is 1. The number of hydrogen-bond acceptors (Lipinski definition) is 4. The fourth-order valence-corrected chi connectivity index (χ4v) is 3.31. The van der Waals surface area contributed by atoms with Gasteiger partial charge in [0.15, 0.2) is 5.60 Å². The number of ether oxygens (including phenoxy) is 1. The van der Waals surface area contributed by atoms with Crippen molar-refractivity contribution < 1.29 is 9.53 Å². The molecule has 74 valence electrons. The van der Waals surface area contributed by atoms with Crippen LogP contribution in [0.25, 0.3) is 0 Å². The molecule has 1 unspecified atom stereocenters. The number of hydrogen-bond donors (Lipinski definition) is 1. The van der Waals surface area contributed by atoms with Crippen molar-refractivity contribution in [1.29, 1.82) is 0 Å². The lowest BCUT2D eigenvalue weighted by Crippen LogP contribution is -2.43. The summed E-state index contributed by atoms with van der Waals surface area (Å²) >= 11 is 1.64. The molecular formula is C10H11NO2S. The average molecular weight is 209 g/mol. The molecular weight excluding hydrogens is 198 g/mol. The highest BCUT2D eigenvalue weighted by Gasteiger charge is 2.47. The van der Waals surface area contributed by atoms with E-state index in [-0.39, 0.29) is 11.6 Å². The van der Waals surface area contributed by atoms with Crippen LogP contribution in [0.2, 0.25) is 0 Å². The summed E-state index contributed by atoms with van der Waals surface area (Å²) in [4.78, 5) is 12.7. The lowest BCUT2D eigenvalue weighted by molar-refractivity contribution is -0.0189. The van der Waals surface area contributed by atoms with Crippen molar-refractivity contribution in [2.75, 3.05) is 13.1 Å². The van der Waals surface area contributed by atoms with Gasteiger partial charge < -0.3 is 10.1 Å². The van der Waals surface area contributed by atoms with E-state index in [9.17, 15) is 4.79 Å². The Morgan fingerprint density at radius 3 is 3.29 bits per heavy atom. The van der Waals surface area contributed by atoms with Crippen molar-refractivity contribution in [2.45, 2.75) is 18.4 Å². The first-order valence-electron chi connectivity index (χ1n) is 4.84. The van der Waals surface area contributed by atoms with Gasteiger partial charge in [0.2, 0.25) is 0 Å². The van der Waals surface area contributed by atoms with Crippen molar-refractivity contribution in [3.8, 4) is 0 Å². The Hall–Kier alpha value is -0.870. The molecule has 1 spiro atoms. The second-order valence-corrected chi connectivity index (χ2v) is 4.74. The Morgan fingerprint density at radius 1 is 1.57 bits per heavy atom. The number of thiophene rings is 1. The molecule has 0 aromatic carbocycles. The van der Waals surface area contributed by atoms with E-state index >= 15 is 0 Å². The molecule has 2 aliphatic heterocycles. The zero-order chi connectivity index (χ0) is 9.60. The van der Waals surface area contributed by atoms with Crippen LogP contribution in [0.1, 0.15) is 28.1 Å². The van der Waals surface area contributed by atoms with E-state index in [4.69, 9.17) is 4.74 Å². The SMILES string of the molecule is O=C1OC2(CCCNC2)c2sccc21. The first kappa shape index (κ1) is 8.44. The fraction of sp³-hybridized carbons (Fsp3) is 0.500. The van der Waals surface area contributed by atoms with Gasteiger partial charge in [-0.1, -0.05) is 0 Å². The van der Waals surface area contributed by atoms with Gasteiger partial charge in [-0.25, -0.2) is 4.79 Å². The first-order valence-corrected chi connectivity index (χ1v) is 5.72. The summed E-state index contributed by atoms with van der Waals surface area (Å²) in [7, 11) is 0. The predicted octanol–water partition coefficient (Wildman–Crippen LogP) is 1.50. The lowest BCUT2D eigenvalue weighted by Gasteiger charge is -2.32. The molecule has 14 heavy (non-hydrogen) atoms. The summed E-state index contributed by atoms with van der Waals surface area (Å²) in [6.07, 6.45) is 2.03. The summed E-state index contributed by atoms with van der Waals surface area (Å²) in [6, 6.07) is 1.87. The second-order valence-electron chi connectivity index (χ2n) is 3.83. The van der Waals surface area contributed by atoms with Crippen LogP contribution in [-0.2, 0) is 10.3 Å². The molecule has 4 heteroatoms. The maximum Gasteiger partial charge on any atom is 0.340 e. The highest BCUT2D eigenvalue weighted by atomic mass is 32.1. The number of piperidine rings is 1. The van der Waals surface area contributed by atoms with E-state index in [2.05, 4.69) is 5.32 Å². The molecule has 0 saturated carbocycles. The molecule has 0 amide bonds. The molecule has 3 nitrogen and oxygen atoms in total. The van der Waals surface area contributed by atoms with Crippen molar-refractivity contribution in [3.05, 3.63) is 21.9 Å². The monoisotopic (exact) mass is 209 g/mol. The van der Waals surface area contributed by atoms with Crippen LogP contribution >= 0.6 is 11.3 Å². The predicted molar refractivity (Wildman–Crippen MR) is 53.5 cm³/mol. The Kier molecular flexibility index (Phi) is 1.69. The quantitative estimate of drug-likeness (QED) is 0.658. The van der Waals surface area contributed by atoms with E-state index in [0.29, 0.717) is 0 Å². The van der Waals surface area contributed by atoms with Crippen molar-refractivity contribution >= 4 is 17.3 Å². The van der Waals surface area contributed by atoms with Crippen molar-refractivity contribution in [1.82, 2.24) is 5.32 Å². The van der Waals surface area contributed by atoms with Crippen molar-refractivity contribution in [2.24, 2.45) is 0 Å². The van der Waals surface area contributed by atoms with Gasteiger partial charge in [0.05, 0.1) is 10.4 Å². The smallest absolute Gasteiger partial charge is 0.340 e. The highest BCUT2D eigenvalue weighted by molar-refractivity contribution is 7.10. The molecule has 0 bridgehead atoms. The van der Waals surface area contributed by atoms with Crippen LogP contribution < -0.4 is 5.32 Å². The van der Waals surface area contributed by atoms with Gasteiger partial charge in [0.25, 0.3) is 0 Å². The molecule has 1 aromatic rings. The van der Waals surface area contributed by atoms with E-state index in [1.807, 2.05) is 11.4 Å². The standard InChI is InChI=1S/C10H11NO2S/c12-9-7-2-5-14-8(7)10(13-9)3-1-4-11-6-10/h2,5,11H,1,3-4,6H2. The van der Waals surface area contributed by atoms with Gasteiger partial charge in [0, 0.05) is 6.54 Å². The fourth-order valence-electron chi connectivity index (χ4n) is 2.26. The normalized spacial score (nSPS) is 30.4. The van der Waals surface area contributed by atoms with Gasteiger partial charge in [-0.15, -0.1) is 11.3 Å². The summed E-state index contributed by atoms with van der Waals surface area (Å²) in [5, 5.41) is 5.27. The van der Waals surface area contributed by atoms with Gasteiger partial charge in [-0.3, -0.25) is 0 Å². The van der Waals surface area contributed by atoms with E-state index in [1.54, 1.807) is 11.3 Å². The Balaban J connectivity index is 2.07. The molecule has 1 atom stereocenters. The van der Waals surface area contributed by atoms with Crippen LogP contribution in [0.3, 0.4) is 0 Å². The molecule has 2 aliphatic rings. The molecule has 1 fully saturated rings. The van der Waals surface area contributed by atoms with Gasteiger partial charge in [-0.05, 0) is 30.8 Å². The maximum absolute atomic E-state index is 11.6. The van der Waals surface area contributed by atoms with Gasteiger partial charge in [0.1, 0.15) is 0 Å². The summed E-state index contributed by atoms with van der Waals surface area (Å²) < 4.78 is 5.51. The number of esters is 1. The van der Waals surface area contributed by atoms with Crippen LogP contribution in [0, 0.1) is 0 Å². The third-order valence-corrected chi connectivity index (χ3v) is 4.03. The molecule has 0 radical (unpaired) electrons. The Morgan fingerprint density at radius 2 is 2.50 bits per heavy atom. The molecule has 3 heterocycles. The Labute approximate surface area is 86.1 Å². The third-order valence-electron chi connectivity index (χ3n) is 2.93. The van der Waals surface area contributed by atoms with E-state index in [0.717, 1.165) is 36.4 Å². The molecule has 0 aliphatic carbocycles. The summed E-state index contributed by atoms with van der Waals surface area (Å²) in [5.74, 6) is -0.148. The van der Waals surface area contributed by atoms with Crippen LogP contribution in [0.15, 0.2) is 11.4 Å². The minimum Gasteiger partial charge on any atom is -0.448 e. The Bertz CT molecular complexity index is 379. The molecule has 3 rings (SSSR count). The lowest BCUT2D eigenvalue weighted by atomic mass is 9.92. The third kappa shape index (κ3) is 0.980. The molecule has 1 aromatic heterocycles. The van der Waals surface area contributed by atoms with Crippen LogP contribution in [0.4, 0.5) is 0 Å². The number of nitrogens with one attached hydrogen (secondary N) is 1. The zero-order valence-electron chi connectivity index (χ0n) is 7.71. The molecule has 1 saturated heterocycles. The van der Waals surface area contributed by atoms with Gasteiger partial charge >= 0.3 is 5.97 Å². The van der Waals surface area contributed by atoms with Crippen LogP contribution in [-0.4, -0.2) is 19.1 Å².